The predicted octanol–water partition coefficient (Wildman–Crippen LogP) is 4.40. The molecule has 0 unspecified atom stereocenters. The number of piperazine rings is 1. The van der Waals surface area contributed by atoms with Crippen molar-refractivity contribution in [1.82, 2.24) is 40.0 Å². The highest BCUT2D eigenvalue weighted by molar-refractivity contribution is 5.95. The summed E-state index contributed by atoms with van der Waals surface area (Å²) >= 11 is 0. The van der Waals surface area contributed by atoms with E-state index < -0.39 is 5.91 Å². The van der Waals surface area contributed by atoms with E-state index in [1.165, 1.54) is 0 Å². The minimum atomic E-state index is -0.417. The van der Waals surface area contributed by atoms with Crippen molar-refractivity contribution in [1.29, 1.82) is 0 Å². The Bertz CT molecular complexity index is 1840. The van der Waals surface area contributed by atoms with Crippen molar-refractivity contribution in [3.8, 4) is 5.75 Å². The van der Waals surface area contributed by atoms with Crippen LogP contribution >= 0.6 is 0 Å². The maximum atomic E-state index is 13.4. The second-order valence-electron chi connectivity index (χ2n) is 14.8. The van der Waals surface area contributed by atoms with Crippen molar-refractivity contribution < 1.29 is 19.4 Å². The lowest BCUT2D eigenvalue weighted by atomic mass is 9.85. The fourth-order valence-corrected chi connectivity index (χ4v) is 6.74. The predicted molar refractivity (Wildman–Crippen MR) is 191 cm³/mol. The molecule has 4 heterocycles. The van der Waals surface area contributed by atoms with Crippen molar-refractivity contribution in [2.24, 2.45) is 0 Å². The number of fused-ring (bicyclic) bond motifs is 2. The molecule has 0 spiro atoms. The lowest BCUT2D eigenvalue weighted by Crippen LogP contribution is -2.52. The Labute approximate surface area is 293 Å². The molecule has 2 atom stereocenters. The summed E-state index contributed by atoms with van der Waals surface area (Å²) in [5, 5.41) is 26.9. The smallest absolute Gasteiger partial charge is 0.319 e. The lowest BCUT2D eigenvalue weighted by molar-refractivity contribution is 0.0544. The van der Waals surface area contributed by atoms with Gasteiger partial charge in [0.1, 0.15) is 17.5 Å². The van der Waals surface area contributed by atoms with Crippen molar-refractivity contribution in [2.45, 2.75) is 70.6 Å². The summed E-state index contributed by atoms with van der Waals surface area (Å²) in [6.45, 7) is 14.3. The molecule has 1 aliphatic carbocycles. The van der Waals surface area contributed by atoms with E-state index in [-0.39, 0.29) is 48.0 Å². The molecule has 266 valence electrons. The molecular formula is C37H49N9O4. The normalized spacial score (nSPS) is 18.8. The Kier molecular flexibility index (Phi) is 10.1. The maximum Gasteiger partial charge on any atom is 0.319 e. The van der Waals surface area contributed by atoms with Crippen LogP contribution in [0, 0.1) is 0 Å². The summed E-state index contributed by atoms with van der Waals surface area (Å²) in [6.07, 6.45) is 3.15. The number of carbonyl (C=O) groups is 2. The van der Waals surface area contributed by atoms with Gasteiger partial charge in [-0.3, -0.25) is 14.1 Å². The highest BCUT2D eigenvalue weighted by atomic mass is 16.5. The SMILES string of the molecule is CN1CCN(C(C)(C)c2nnc3ccc(O[C@@H]4CC[C@H](NC(=O)Nc5cc(C(=O)NCCO)nc(C(C)(C)C)c5)c5ccccc54)cn23)CC1. The monoisotopic (exact) mass is 683 g/mol. The number of benzene rings is 1. The molecule has 4 N–H and O–H groups in total. The summed E-state index contributed by atoms with van der Waals surface area (Å²) in [4.78, 5) is 35.4. The highest BCUT2D eigenvalue weighted by Crippen LogP contribution is 2.39. The zero-order valence-corrected chi connectivity index (χ0v) is 29.9. The molecule has 1 aliphatic heterocycles. The lowest BCUT2D eigenvalue weighted by Gasteiger charge is -2.42. The number of ether oxygens (including phenoxy) is 1. The van der Waals surface area contributed by atoms with Crippen LogP contribution in [0.5, 0.6) is 5.75 Å². The van der Waals surface area contributed by atoms with Crippen LogP contribution in [0.15, 0.2) is 54.7 Å². The van der Waals surface area contributed by atoms with Crippen LogP contribution in [-0.4, -0.2) is 92.8 Å². The van der Waals surface area contributed by atoms with E-state index in [1.54, 1.807) is 12.1 Å². The fraction of sp³-hybridized carbons (Fsp3) is 0.486. The van der Waals surface area contributed by atoms with Gasteiger partial charge in [-0.15, -0.1) is 10.2 Å². The number of nitrogens with zero attached hydrogens (tertiary/aromatic N) is 6. The number of hydrogen-bond acceptors (Lipinski definition) is 9. The number of likely N-dealkylation sites (N-methyl/N-ethyl adjacent to an activating group) is 1. The molecule has 1 saturated heterocycles. The number of pyridine rings is 2. The number of anilines is 1. The summed E-state index contributed by atoms with van der Waals surface area (Å²) in [7, 11) is 2.16. The van der Waals surface area contributed by atoms with Gasteiger partial charge in [-0.25, -0.2) is 9.78 Å². The zero-order valence-electron chi connectivity index (χ0n) is 29.9. The van der Waals surface area contributed by atoms with E-state index in [1.807, 2.05) is 61.7 Å². The highest BCUT2D eigenvalue weighted by Gasteiger charge is 2.35. The fourth-order valence-electron chi connectivity index (χ4n) is 6.74. The number of aliphatic hydroxyl groups excluding tert-OH is 1. The molecule has 6 rings (SSSR count). The van der Waals surface area contributed by atoms with E-state index in [9.17, 15) is 9.59 Å². The van der Waals surface area contributed by atoms with Gasteiger partial charge < -0.3 is 30.7 Å². The third-order valence-corrected chi connectivity index (χ3v) is 9.72. The van der Waals surface area contributed by atoms with Crippen LogP contribution in [0.2, 0.25) is 0 Å². The van der Waals surface area contributed by atoms with E-state index >= 15 is 0 Å². The van der Waals surface area contributed by atoms with Gasteiger partial charge in [0, 0.05) is 49.5 Å². The van der Waals surface area contributed by atoms with Gasteiger partial charge in [0.2, 0.25) is 0 Å². The van der Waals surface area contributed by atoms with Crippen molar-refractivity contribution >= 4 is 23.3 Å². The Hall–Kier alpha value is -4.59. The molecule has 0 saturated carbocycles. The Balaban J connectivity index is 1.17. The van der Waals surface area contributed by atoms with Gasteiger partial charge in [-0.05, 0) is 69.1 Å². The summed E-state index contributed by atoms with van der Waals surface area (Å²) < 4.78 is 8.70. The van der Waals surface area contributed by atoms with Crippen molar-refractivity contribution in [2.75, 3.05) is 51.7 Å². The first-order valence-corrected chi connectivity index (χ1v) is 17.4. The van der Waals surface area contributed by atoms with Gasteiger partial charge >= 0.3 is 6.03 Å². The Morgan fingerprint density at radius 2 is 1.70 bits per heavy atom. The quantitative estimate of drug-likeness (QED) is 0.201. The van der Waals surface area contributed by atoms with Gasteiger partial charge in [0.25, 0.3) is 5.91 Å². The van der Waals surface area contributed by atoms with Crippen LogP contribution in [-0.2, 0) is 11.0 Å². The summed E-state index contributed by atoms with van der Waals surface area (Å²) in [5.41, 5.74) is 3.41. The third kappa shape index (κ3) is 7.59. The van der Waals surface area contributed by atoms with Crippen LogP contribution in [0.3, 0.4) is 0 Å². The molecule has 50 heavy (non-hydrogen) atoms. The van der Waals surface area contributed by atoms with Crippen molar-refractivity contribution in [3.05, 3.63) is 83.1 Å². The number of urea groups is 1. The third-order valence-electron chi connectivity index (χ3n) is 9.72. The van der Waals surface area contributed by atoms with Gasteiger partial charge in [-0.2, -0.15) is 0 Å². The van der Waals surface area contributed by atoms with Gasteiger partial charge in [0.15, 0.2) is 11.5 Å². The second kappa shape index (κ2) is 14.3. The van der Waals surface area contributed by atoms with Crippen molar-refractivity contribution in [3.63, 3.8) is 0 Å². The first-order valence-electron chi connectivity index (χ1n) is 17.4. The molecular weight excluding hydrogens is 634 g/mol. The molecule has 3 amide bonds. The Morgan fingerprint density at radius 3 is 2.42 bits per heavy atom. The minimum Gasteiger partial charge on any atom is -0.484 e. The Morgan fingerprint density at radius 1 is 0.960 bits per heavy atom. The van der Waals surface area contributed by atoms with Crippen LogP contribution in [0.4, 0.5) is 10.5 Å². The maximum absolute atomic E-state index is 13.4. The number of carbonyl (C=O) groups excluding carboxylic acids is 2. The first-order chi connectivity index (χ1) is 23.8. The number of aliphatic hydroxyl groups is 1. The molecule has 0 bridgehead atoms. The molecule has 2 aliphatic rings. The minimum absolute atomic E-state index is 0.112. The van der Waals surface area contributed by atoms with E-state index in [2.05, 4.69) is 67.9 Å². The second-order valence-corrected chi connectivity index (χ2v) is 14.8. The van der Waals surface area contributed by atoms with Gasteiger partial charge in [-0.1, -0.05) is 45.0 Å². The average Bonchev–Trinajstić information content (AvgIpc) is 3.52. The van der Waals surface area contributed by atoms with E-state index in [0.717, 1.165) is 54.5 Å². The number of amides is 3. The summed E-state index contributed by atoms with van der Waals surface area (Å²) in [5.74, 6) is 1.19. The molecule has 13 nitrogen and oxygen atoms in total. The zero-order chi connectivity index (χ0) is 35.6. The van der Waals surface area contributed by atoms with Crippen LogP contribution in [0.1, 0.15) is 92.7 Å². The molecule has 4 aromatic rings. The molecule has 1 aromatic carbocycles. The number of aromatic nitrogens is 4. The standard InChI is InChI=1S/C37H49N9O4/c1-36(2,3)31-22-24(21-29(40-31)33(48)38-15-20-47)39-35(49)41-28-12-13-30(27-10-8-7-9-26(27)28)50-25-11-14-32-42-43-34(46(32)23-25)37(4,5)45-18-16-44(6)17-19-45/h7-11,14,21-23,28,30,47H,12-13,15-20H2,1-6H3,(H,38,48)(H2,39,40,41,49)/t28-,30+/m0/s1. The van der Waals surface area contributed by atoms with Crippen LogP contribution in [0.25, 0.3) is 5.65 Å². The largest absolute Gasteiger partial charge is 0.484 e. The van der Waals surface area contributed by atoms with E-state index in [4.69, 9.17) is 9.84 Å². The first kappa shape index (κ1) is 35.2. The molecule has 1 fully saturated rings. The van der Waals surface area contributed by atoms with Gasteiger partial charge in [0.05, 0.1) is 24.4 Å². The number of rotatable bonds is 9. The molecule has 3 aromatic heterocycles. The summed E-state index contributed by atoms with van der Waals surface area (Å²) in [6, 6.07) is 14.6. The molecule has 0 radical (unpaired) electrons. The topological polar surface area (TPSA) is 149 Å². The number of nitrogens with one attached hydrogen (secondary N) is 3. The average molecular weight is 684 g/mol. The number of hydrogen-bond donors (Lipinski definition) is 4. The van der Waals surface area contributed by atoms with Crippen LogP contribution < -0.4 is 20.7 Å². The molecule has 13 heteroatoms. The van der Waals surface area contributed by atoms with E-state index in [0.29, 0.717) is 24.2 Å².